The molecule has 0 bridgehead atoms. The first-order chi connectivity index (χ1) is 7.91. The molecule has 0 unspecified atom stereocenters. The summed E-state index contributed by atoms with van der Waals surface area (Å²) in [6, 6.07) is 3.81. The Labute approximate surface area is 109 Å². The zero-order valence-corrected chi connectivity index (χ0v) is 12.0. The Morgan fingerprint density at radius 3 is 2.53 bits per heavy atom. The number of hydrogen-bond donors (Lipinski definition) is 0. The Balaban J connectivity index is 2.66. The number of halogens is 1. The van der Waals surface area contributed by atoms with Gasteiger partial charge in [0.15, 0.2) is 5.76 Å². The molecular weight excluding hydrogens is 280 g/mol. The first kappa shape index (κ1) is 12.4. The van der Waals surface area contributed by atoms with Crippen molar-refractivity contribution in [3.8, 4) is 0 Å². The van der Waals surface area contributed by atoms with Crippen LogP contribution in [-0.4, -0.2) is 5.78 Å². The minimum absolute atomic E-state index is 0.0413. The van der Waals surface area contributed by atoms with Crippen LogP contribution in [-0.2, 0) is 0 Å². The van der Waals surface area contributed by atoms with Crippen LogP contribution in [0.5, 0.6) is 0 Å². The Morgan fingerprint density at radius 1 is 1.29 bits per heavy atom. The van der Waals surface area contributed by atoms with Gasteiger partial charge in [0.2, 0.25) is 5.78 Å². The third kappa shape index (κ3) is 2.04. The maximum absolute atomic E-state index is 11.9. The van der Waals surface area contributed by atoms with Gasteiger partial charge in [-0.1, -0.05) is 29.8 Å². The van der Waals surface area contributed by atoms with E-state index in [1.165, 1.54) is 0 Å². The highest BCUT2D eigenvalue weighted by atomic mass is 79.9. The Kier molecular flexibility index (Phi) is 3.13. The van der Waals surface area contributed by atoms with Crippen molar-refractivity contribution in [1.82, 2.24) is 0 Å². The maximum atomic E-state index is 11.9. The molecule has 0 amide bonds. The Hall–Kier alpha value is -1.09. The van der Waals surface area contributed by atoms with Crippen LogP contribution in [0.25, 0.3) is 11.0 Å². The number of carbonyl (C=O) groups excluding carboxylic acids is 1. The van der Waals surface area contributed by atoms with Gasteiger partial charge in [-0.25, -0.2) is 0 Å². The molecule has 0 N–H and O–H groups in total. The lowest BCUT2D eigenvalue weighted by molar-refractivity contribution is 0.0913. The van der Waals surface area contributed by atoms with Crippen LogP contribution in [0.3, 0.4) is 0 Å². The maximum Gasteiger partial charge on any atom is 0.200 e. The van der Waals surface area contributed by atoms with Crippen LogP contribution < -0.4 is 0 Å². The van der Waals surface area contributed by atoms with E-state index in [9.17, 15) is 4.79 Å². The predicted molar refractivity (Wildman–Crippen MR) is 72.6 cm³/mol. The summed E-state index contributed by atoms with van der Waals surface area (Å²) in [5.41, 5.74) is 3.02. The van der Waals surface area contributed by atoms with Gasteiger partial charge in [0.05, 0.1) is 0 Å². The van der Waals surface area contributed by atoms with Crippen LogP contribution in [0.1, 0.15) is 35.5 Å². The summed E-state index contributed by atoms with van der Waals surface area (Å²) in [4.78, 5) is 11.9. The molecule has 17 heavy (non-hydrogen) atoms. The summed E-state index contributed by atoms with van der Waals surface area (Å²) >= 11 is 3.55. The molecule has 0 saturated carbocycles. The largest absolute Gasteiger partial charge is 0.453 e. The highest BCUT2D eigenvalue weighted by Crippen LogP contribution is 2.32. The van der Waals surface area contributed by atoms with Crippen molar-refractivity contribution in [3.63, 3.8) is 0 Å². The van der Waals surface area contributed by atoms with Gasteiger partial charge in [0, 0.05) is 15.8 Å². The number of benzene rings is 1. The van der Waals surface area contributed by atoms with Gasteiger partial charge in [0.25, 0.3) is 0 Å². The second-order valence-electron chi connectivity index (χ2n) is 4.67. The smallest absolute Gasteiger partial charge is 0.200 e. The summed E-state index contributed by atoms with van der Waals surface area (Å²) in [5.74, 6) is 0.463. The van der Waals surface area contributed by atoms with Crippen LogP contribution in [0.15, 0.2) is 21.0 Å². The van der Waals surface area contributed by atoms with Crippen molar-refractivity contribution < 1.29 is 9.21 Å². The quantitative estimate of drug-likeness (QED) is 0.755. The summed E-state index contributed by atoms with van der Waals surface area (Å²) in [6.45, 7) is 7.80. The average molecular weight is 295 g/mol. The lowest BCUT2D eigenvalue weighted by atomic mass is 10.1. The van der Waals surface area contributed by atoms with Gasteiger partial charge in [-0.05, 0) is 37.1 Å². The second-order valence-corrected chi connectivity index (χ2v) is 5.47. The van der Waals surface area contributed by atoms with Crippen LogP contribution >= 0.6 is 15.9 Å². The topological polar surface area (TPSA) is 30.2 Å². The third-order valence-electron chi connectivity index (χ3n) is 2.96. The molecule has 2 rings (SSSR count). The van der Waals surface area contributed by atoms with E-state index in [4.69, 9.17) is 4.42 Å². The van der Waals surface area contributed by atoms with Crippen molar-refractivity contribution in [2.45, 2.75) is 27.7 Å². The van der Waals surface area contributed by atoms with Gasteiger partial charge >= 0.3 is 0 Å². The second kappa shape index (κ2) is 4.30. The van der Waals surface area contributed by atoms with Gasteiger partial charge in [0.1, 0.15) is 5.58 Å². The van der Waals surface area contributed by atoms with E-state index in [2.05, 4.69) is 15.9 Å². The summed E-state index contributed by atoms with van der Waals surface area (Å²) < 4.78 is 6.72. The highest BCUT2D eigenvalue weighted by Gasteiger charge is 2.17. The number of hydrogen-bond acceptors (Lipinski definition) is 2. The number of furan rings is 1. The monoisotopic (exact) mass is 294 g/mol. The Bertz CT molecular complexity index is 594. The van der Waals surface area contributed by atoms with E-state index in [-0.39, 0.29) is 11.7 Å². The summed E-state index contributed by atoms with van der Waals surface area (Å²) in [7, 11) is 0. The van der Waals surface area contributed by atoms with Crippen molar-refractivity contribution in [2.75, 3.05) is 0 Å². The fourth-order valence-corrected chi connectivity index (χ4v) is 2.21. The zero-order valence-electron chi connectivity index (χ0n) is 10.4. The summed E-state index contributed by atoms with van der Waals surface area (Å²) in [5, 5.41) is 1.01. The van der Waals surface area contributed by atoms with Crippen LogP contribution in [0, 0.1) is 19.8 Å². The molecular formula is C14H15BrO2. The van der Waals surface area contributed by atoms with Gasteiger partial charge in [-0.2, -0.15) is 0 Å². The van der Waals surface area contributed by atoms with Gasteiger partial charge < -0.3 is 4.42 Å². The fourth-order valence-electron chi connectivity index (χ4n) is 1.89. The van der Waals surface area contributed by atoms with Crippen molar-refractivity contribution >= 4 is 32.7 Å². The number of fused-ring (bicyclic) bond motifs is 1. The van der Waals surface area contributed by atoms with E-state index in [0.29, 0.717) is 5.76 Å². The highest BCUT2D eigenvalue weighted by molar-refractivity contribution is 9.10. The molecule has 0 saturated heterocycles. The molecule has 1 aromatic heterocycles. The molecule has 0 atom stereocenters. The minimum Gasteiger partial charge on any atom is -0.453 e. The lowest BCUT2D eigenvalue weighted by Crippen LogP contribution is -2.05. The van der Waals surface area contributed by atoms with E-state index in [1.807, 2.05) is 39.8 Å². The van der Waals surface area contributed by atoms with E-state index < -0.39 is 0 Å². The molecule has 0 radical (unpaired) electrons. The van der Waals surface area contributed by atoms with Gasteiger partial charge in [-0.15, -0.1) is 0 Å². The van der Waals surface area contributed by atoms with Crippen molar-refractivity contribution in [2.24, 2.45) is 5.92 Å². The average Bonchev–Trinajstić information content (AvgIpc) is 2.68. The van der Waals surface area contributed by atoms with E-state index in [0.717, 1.165) is 26.6 Å². The first-order valence-electron chi connectivity index (χ1n) is 5.65. The fraction of sp³-hybridized carbons (Fsp3) is 0.357. The van der Waals surface area contributed by atoms with Crippen molar-refractivity contribution in [1.29, 1.82) is 0 Å². The summed E-state index contributed by atoms with van der Waals surface area (Å²) in [6.07, 6.45) is 0. The zero-order chi connectivity index (χ0) is 12.7. The number of aryl methyl sites for hydroxylation is 2. The van der Waals surface area contributed by atoms with Crippen LogP contribution in [0.4, 0.5) is 0 Å². The molecule has 1 aromatic carbocycles. The number of carbonyl (C=O) groups is 1. The Morgan fingerprint density at radius 2 is 1.94 bits per heavy atom. The third-order valence-corrected chi connectivity index (χ3v) is 4.18. The normalized spacial score (nSPS) is 11.4. The molecule has 3 heteroatoms. The van der Waals surface area contributed by atoms with Gasteiger partial charge in [-0.3, -0.25) is 4.79 Å². The number of Topliss-reactive ketones (excluding diaryl/α,β-unsaturated/α-hetero) is 1. The van der Waals surface area contributed by atoms with Crippen molar-refractivity contribution in [3.05, 3.63) is 33.5 Å². The van der Waals surface area contributed by atoms with Crippen LogP contribution in [0.2, 0.25) is 0 Å². The molecule has 1 heterocycles. The molecule has 2 aromatic rings. The minimum atomic E-state index is -0.0413. The number of rotatable bonds is 2. The predicted octanol–water partition coefficient (Wildman–Crippen LogP) is 4.65. The molecule has 2 nitrogen and oxygen atoms in total. The number of ketones is 1. The molecule has 0 aliphatic carbocycles. The standard InChI is InChI=1S/C14H15BrO2/c1-7(2)14(16)12-6-10-9(4)13(15)8(3)5-11(10)17-12/h5-7H,1-4H3. The molecule has 0 aliphatic heterocycles. The molecule has 0 fully saturated rings. The van der Waals surface area contributed by atoms with E-state index in [1.54, 1.807) is 0 Å². The molecule has 90 valence electrons. The SMILES string of the molecule is Cc1cc2oc(C(=O)C(C)C)cc2c(C)c1Br. The van der Waals surface area contributed by atoms with E-state index >= 15 is 0 Å². The molecule has 0 aliphatic rings. The first-order valence-corrected chi connectivity index (χ1v) is 6.44. The lowest BCUT2D eigenvalue weighted by Gasteiger charge is -2.02. The molecule has 0 spiro atoms.